The number of nitrogens with zero attached hydrogens (tertiary/aromatic N) is 2. The van der Waals surface area contributed by atoms with Crippen molar-refractivity contribution in [3.05, 3.63) is 10.5 Å². The van der Waals surface area contributed by atoms with E-state index in [4.69, 9.17) is 5.73 Å². The Bertz CT molecular complexity index is 450. The highest BCUT2D eigenvalue weighted by atomic mass is 32.2. The number of aromatic nitrogens is 3. The highest BCUT2D eigenvalue weighted by Crippen LogP contribution is 2.39. The summed E-state index contributed by atoms with van der Waals surface area (Å²) in [6.07, 6.45) is -2.80. The summed E-state index contributed by atoms with van der Waals surface area (Å²) in [4.78, 5) is 11.4. The van der Waals surface area contributed by atoms with Gasteiger partial charge in [-0.25, -0.2) is 9.89 Å². The van der Waals surface area contributed by atoms with Crippen LogP contribution >= 0.6 is 11.8 Å². The average Bonchev–Trinajstić information content (AvgIpc) is 2.99. The summed E-state index contributed by atoms with van der Waals surface area (Å²) in [6, 6.07) is -0.0181. The summed E-state index contributed by atoms with van der Waals surface area (Å²) in [5.74, 6) is 0. The van der Waals surface area contributed by atoms with E-state index in [1.54, 1.807) is 0 Å². The number of hydrogen-bond acceptors (Lipinski definition) is 4. The van der Waals surface area contributed by atoms with Crippen LogP contribution in [0.4, 0.5) is 13.2 Å². The quantitative estimate of drug-likeness (QED) is 0.795. The van der Waals surface area contributed by atoms with Crippen LogP contribution in [0.25, 0.3) is 0 Å². The first-order valence-electron chi connectivity index (χ1n) is 5.04. The molecule has 9 heteroatoms. The second kappa shape index (κ2) is 4.37. The van der Waals surface area contributed by atoms with E-state index in [0.717, 1.165) is 12.8 Å². The minimum Gasteiger partial charge on any atom is -0.329 e. The van der Waals surface area contributed by atoms with E-state index in [2.05, 4.69) is 10.2 Å². The number of aromatic amines is 1. The van der Waals surface area contributed by atoms with Gasteiger partial charge in [0.05, 0.1) is 0 Å². The van der Waals surface area contributed by atoms with Crippen molar-refractivity contribution in [3.8, 4) is 0 Å². The molecule has 0 radical (unpaired) electrons. The van der Waals surface area contributed by atoms with Gasteiger partial charge >= 0.3 is 11.9 Å². The number of thioether (sulfide) groups is 1. The Hall–Kier alpha value is -0.960. The summed E-state index contributed by atoms with van der Waals surface area (Å²) < 4.78 is 38.9. The molecule has 1 aliphatic carbocycles. The Morgan fingerprint density at radius 1 is 1.59 bits per heavy atom. The molecule has 1 aromatic rings. The van der Waals surface area contributed by atoms with Crippen molar-refractivity contribution in [2.24, 2.45) is 5.73 Å². The van der Waals surface area contributed by atoms with E-state index >= 15 is 0 Å². The lowest BCUT2D eigenvalue weighted by Crippen LogP contribution is -2.33. The van der Waals surface area contributed by atoms with Crippen LogP contribution in [0.15, 0.2) is 9.95 Å². The van der Waals surface area contributed by atoms with Gasteiger partial charge in [0, 0.05) is 12.6 Å². The summed E-state index contributed by atoms with van der Waals surface area (Å²) in [6.45, 7) is -0.542. The van der Waals surface area contributed by atoms with E-state index in [-0.39, 0.29) is 11.2 Å². The third kappa shape index (κ3) is 2.65. The maximum atomic E-state index is 12.5. The fourth-order valence-electron chi connectivity index (χ4n) is 1.40. The lowest BCUT2D eigenvalue weighted by molar-refractivity contribution is -0.126. The predicted molar refractivity (Wildman–Crippen MR) is 55.9 cm³/mol. The standard InChI is InChI=1S/C8H11F3N4OS/c9-8(10,11)5(3-12)17-7-14-13-6(16)15(7)4-1-2-4/h4-5H,1-3,12H2,(H,13,16). The van der Waals surface area contributed by atoms with Gasteiger partial charge in [0.2, 0.25) is 0 Å². The molecule has 0 spiro atoms. The molecule has 1 unspecified atom stereocenters. The van der Waals surface area contributed by atoms with Crippen LogP contribution in [-0.4, -0.2) is 32.7 Å². The van der Waals surface area contributed by atoms with Crippen molar-refractivity contribution in [1.82, 2.24) is 14.8 Å². The van der Waals surface area contributed by atoms with Crippen molar-refractivity contribution in [2.45, 2.75) is 35.5 Å². The smallest absolute Gasteiger partial charge is 0.329 e. The summed E-state index contributed by atoms with van der Waals surface area (Å²) >= 11 is 0.482. The lowest BCUT2D eigenvalue weighted by Gasteiger charge is -2.17. The third-order valence-electron chi connectivity index (χ3n) is 2.41. The van der Waals surface area contributed by atoms with Crippen molar-refractivity contribution >= 4 is 11.8 Å². The summed E-state index contributed by atoms with van der Waals surface area (Å²) in [5, 5.41) is 4.10. The summed E-state index contributed by atoms with van der Waals surface area (Å²) in [7, 11) is 0. The van der Waals surface area contributed by atoms with Gasteiger partial charge in [0.25, 0.3) is 0 Å². The highest BCUT2D eigenvalue weighted by molar-refractivity contribution is 7.99. The highest BCUT2D eigenvalue weighted by Gasteiger charge is 2.41. The van der Waals surface area contributed by atoms with Crippen molar-refractivity contribution < 1.29 is 13.2 Å². The molecule has 1 aliphatic rings. The summed E-state index contributed by atoms with van der Waals surface area (Å²) in [5.41, 5.74) is 4.62. The number of nitrogens with two attached hydrogens (primary N) is 1. The molecular formula is C8H11F3N4OS. The molecule has 0 aromatic carbocycles. The van der Waals surface area contributed by atoms with Crippen LogP contribution < -0.4 is 11.4 Å². The second-order valence-corrected chi connectivity index (χ2v) is 4.97. The Morgan fingerprint density at radius 2 is 2.24 bits per heavy atom. The number of halogens is 3. The molecule has 3 N–H and O–H groups in total. The molecule has 1 heterocycles. The molecule has 0 amide bonds. The van der Waals surface area contributed by atoms with Crippen molar-refractivity contribution in [2.75, 3.05) is 6.54 Å². The molecule has 5 nitrogen and oxygen atoms in total. The largest absolute Gasteiger partial charge is 0.402 e. The van der Waals surface area contributed by atoms with Crippen LogP contribution in [0.3, 0.4) is 0 Å². The maximum Gasteiger partial charge on any atom is 0.402 e. The normalized spacial score (nSPS) is 18.4. The van der Waals surface area contributed by atoms with Crippen LogP contribution in [0.2, 0.25) is 0 Å². The van der Waals surface area contributed by atoms with E-state index in [1.807, 2.05) is 0 Å². The first kappa shape index (κ1) is 12.5. The molecule has 0 bridgehead atoms. The number of rotatable bonds is 4. The predicted octanol–water partition coefficient (Wildman–Crippen LogP) is 0.888. The van der Waals surface area contributed by atoms with Gasteiger partial charge in [-0.3, -0.25) is 4.57 Å². The van der Waals surface area contributed by atoms with Gasteiger partial charge in [0.15, 0.2) is 5.16 Å². The zero-order valence-corrected chi connectivity index (χ0v) is 9.51. The van der Waals surface area contributed by atoms with Crippen molar-refractivity contribution in [3.63, 3.8) is 0 Å². The van der Waals surface area contributed by atoms with Gasteiger partial charge in [-0.15, -0.1) is 5.10 Å². The minimum atomic E-state index is -4.40. The zero-order valence-electron chi connectivity index (χ0n) is 8.70. The Labute approximate surface area is 98.6 Å². The molecule has 17 heavy (non-hydrogen) atoms. The van der Waals surface area contributed by atoms with Gasteiger partial charge < -0.3 is 5.73 Å². The molecule has 1 aromatic heterocycles. The molecule has 0 aliphatic heterocycles. The maximum absolute atomic E-state index is 12.5. The van der Waals surface area contributed by atoms with Crippen LogP contribution in [0, 0.1) is 0 Å². The van der Waals surface area contributed by atoms with E-state index in [1.165, 1.54) is 4.57 Å². The number of hydrogen-bond donors (Lipinski definition) is 2. The molecule has 1 saturated carbocycles. The van der Waals surface area contributed by atoms with Gasteiger partial charge in [-0.05, 0) is 12.8 Å². The molecule has 96 valence electrons. The third-order valence-corrected chi connectivity index (χ3v) is 3.65. The molecule has 1 atom stereocenters. The van der Waals surface area contributed by atoms with E-state index < -0.39 is 23.7 Å². The fraction of sp³-hybridized carbons (Fsp3) is 0.750. The van der Waals surface area contributed by atoms with E-state index in [9.17, 15) is 18.0 Å². The molecule has 1 fully saturated rings. The second-order valence-electron chi connectivity index (χ2n) is 3.80. The van der Waals surface area contributed by atoms with Gasteiger partial charge in [-0.1, -0.05) is 11.8 Å². The van der Waals surface area contributed by atoms with E-state index in [0.29, 0.717) is 11.8 Å². The van der Waals surface area contributed by atoms with Crippen LogP contribution in [0.1, 0.15) is 18.9 Å². The topological polar surface area (TPSA) is 76.7 Å². The monoisotopic (exact) mass is 268 g/mol. The fourth-order valence-corrected chi connectivity index (χ4v) is 2.33. The number of nitrogens with one attached hydrogen (secondary N) is 1. The number of H-pyrrole nitrogens is 1. The van der Waals surface area contributed by atoms with Crippen LogP contribution in [0.5, 0.6) is 0 Å². The zero-order chi connectivity index (χ0) is 12.6. The Morgan fingerprint density at radius 3 is 2.71 bits per heavy atom. The average molecular weight is 268 g/mol. The number of alkyl halides is 3. The first-order chi connectivity index (χ1) is 7.93. The van der Waals surface area contributed by atoms with Gasteiger partial charge in [-0.2, -0.15) is 13.2 Å². The minimum absolute atomic E-state index is 0.0181. The molecule has 0 saturated heterocycles. The first-order valence-corrected chi connectivity index (χ1v) is 5.91. The van der Waals surface area contributed by atoms with Crippen LogP contribution in [-0.2, 0) is 0 Å². The molecular weight excluding hydrogens is 257 g/mol. The SMILES string of the molecule is NCC(Sc1n[nH]c(=O)n1C1CC1)C(F)(F)F. The Balaban J connectivity index is 2.20. The Kier molecular flexibility index (Phi) is 3.21. The molecule has 2 rings (SSSR count). The van der Waals surface area contributed by atoms with Crippen molar-refractivity contribution in [1.29, 1.82) is 0 Å². The van der Waals surface area contributed by atoms with Gasteiger partial charge in [0.1, 0.15) is 5.25 Å². The lowest BCUT2D eigenvalue weighted by atomic mass is 10.4.